The van der Waals surface area contributed by atoms with Gasteiger partial charge in [-0.2, -0.15) is 0 Å². The summed E-state index contributed by atoms with van der Waals surface area (Å²) < 4.78 is 14.7. The number of hydrogen-bond donors (Lipinski definition) is 2. The Kier molecular flexibility index (Phi) is 4.26. The molecule has 0 radical (unpaired) electrons. The van der Waals surface area contributed by atoms with Crippen LogP contribution in [0.25, 0.3) is 0 Å². The number of nitrogens with zero attached hydrogens (tertiary/aromatic N) is 2. The fraction of sp³-hybridized carbons (Fsp3) is 0.333. The van der Waals surface area contributed by atoms with Gasteiger partial charge in [-0.25, -0.2) is 9.37 Å². The second-order valence-corrected chi connectivity index (χ2v) is 5.40. The maximum atomic E-state index is 13.1. The van der Waals surface area contributed by atoms with Crippen molar-refractivity contribution in [1.82, 2.24) is 14.9 Å². The Hall–Kier alpha value is -2.37. The Labute approximate surface area is 123 Å². The highest BCUT2D eigenvalue weighted by atomic mass is 19.1. The highest BCUT2D eigenvalue weighted by molar-refractivity contribution is 5.83. The van der Waals surface area contributed by atoms with Gasteiger partial charge in [-0.05, 0) is 38.0 Å². The first-order chi connectivity index (χ1) is 9.89. The highest BCUT2D eigenvalue weighted by Gasteiger charge is 2.29. The summed E-state index contributed by atoms with van der Waals surface area (Å²) in [5.41, 5.74) is 5.63. The molecular formula is C15H19FN4O. The normalized spacial score (nSPS) is 11.4. The second kappa shape index (κ2) is 5.95. The lowest BCUT2D eigenvalue weighted by atomic mass is 10.0. The van der Waals surface area contributed by atoms with E-state index in [9.17, 15) is 9.18 Å². The number of imidazole rings is 1. The Bertz CT molecular complexity index is 636. The Balaban J connectivity index is 1.92. The largest absolute Gasteiger partial charge is 0.382 e. The molecule has 112 valence electrons. The predicted octanol–water partition coefficient (Wildman–Crippen LogP) is 1.70. The van der Waals surface area contributed by atoms with Crippen LogP contribution in [0.15, 0.2) is 36.8 Å². The van der Waals surface area contributed by atoms with Crippen LogP contribution in [0.2, 0.25) is 0 Å². The van der Waals surface area contributed by atoms with Crippen molar-refractivity contribution in [3.63, 3.8) is 0 Å². The summed E-state index contributed by atoms with van der Waals surface area (Å²) in [5.74, 6) is -0.0417. The number of nitrogens with one attached hydrogen (secondary N) is 1. The van der Waals surface area contributed by atoms with Crippen molar-refractivity contribution >= 4 is 11.7 Å². The summed E-state index contributed by atoms with van der Waals surface area (Å²) in [5, 5.41) is 2.85. The third-order valence-electron chi connectivity index (χ3n) is 3.39. The van der Waals surface area contributed by atoms with Crippen LogP contribution in [0.4, 0.5) is 10.2 Å². The summed E-state index contributed by atoms with van der Waals surface area (Å²) in [4.78, 5) is 16.2. The molecule has 6 heteroatoms. The van der Waals surface area contributed by atoms with Gasteiger partial charge >= 0.3 is 0 Å². The summed E-state index contributed by atoms with van der Waals surface area (Å²) in [7, 11) is 0. The molecule has 1 aromatic heterocycles. The van der Waals surface area contributed by atoms with Crippen molar-refractivity contribution in [2.75, 3.05) is 12.3 Å². The summed E-state index contributed by atoms with van der Waals surface area (Å²) in [6.07, 6.45) is 3.72. The first kappa shape index (κ1) is 15.0. The van der Waals surface area contributed by atoms with E-state index in [1.165, 1.54) is 18.5 Å². The van der Waals surface area contributed by atoms with Crippen molar-refractivity contribution in [2.24, 2.45) is 0 Å². The number of benzene rings is 1. The lowest BCUT2D eigenvalue weighted by Crippen LogP contribution is -2.44. The molecule has 2 rings (SSSR count). The maximum absolute atomic E-state index is 13.1. The van der Waals surface area contributed by atoms with Crippen LogP contribution in [-0.2, 0) is 16.8 Å². The Morgan fingerprint density at radius 3 is 2.86 bits per heavy atom. The molecule has 1 heterocycles. The standard InChI is InChI=1S/C15H19FN4O/c1-15(2,20-9-13(17)19-10-20)14(21)18-7-6-11-4-3-5-12(16)8-11/h3-5,8-10H,6-7,17H2,1-2H3,(H,18,21). The van der Waals surface area contributed by atoms with Crippen LogP contribution in [0, 0.1) is 5.82 Å². The van der Waals surface area contributed by atoms with Crippen molar-refractivity contribution < 1.29 is 9.18 Å². The molecule has 0 saturated carbocycles. The van der Waals surface area contributed by atoms with Gasteiger partial charge in [-0.1, -0.05) is 12.1 Å². The molecule has 2 aromatic rings. The van der Waals surface area contributed by atoms with E-state index in [1.807, 2.05) is 6.07 Å². The van der Waals surface area contributed by atoms with Gasteiger partial charge in [0.2, 0.25) is 5.91 Å². The molecule has 0 aliphatic carbocycles. The van der Waals surface area contributed by atoms with Crippen molar-refractivity contribution in [3.05, 3.63) is 48.2 Å². The van der Waals surface area contributed by atoms with Gasteiger partial charge in [-0.3, -0.25) is 4.79 Å². The molecule has 0 unspecified atom stereocenters. The number of carbonyl (C=O) groups is 1. The molecule has 0 aliphatic rings. The molecule has 0 atom stereocenters. The van der Waals surface area contributed by atoms with E-state index >= 15 is 0 Å². The van der Waals surface area contributed by atoms with Crippen LogP contribution in [0.1, 0.15) is 19.4 Å². The van der Waals surface area contributed by atoms with E-state index in [0.29, 0.717) is 18.8 Å². The van der Waals surface area contributed by atoms with Gasteiger partial charge in [-0.15, -0.1) is 0 Å². The molecular weight excluding hydrogens is 271 g/mol. The Morgan fingerprint density at radius 2 is 2.24 bits per heavy atom. The van der Waals surface area contributed by atoms with E-state index in [4.69, 9.17) is 5.73 Å². The van der Waals surface area contributed by atoms with E-state index in [2.05, 4.69) is 10.3 Å². The molecule has 0 bridgehead atoms. The van der Waals surface area contributed by atoms with Crippen molar-refractivity contribution in [3.8, 4) is 0 Å². The lowest BCUT2D eigenvalue weighted by Gasteiger charge is -2.25. The quantitative estimate of drug-likeness (QED) is 0.880. The number of aromatic nitrogens is 2. The zero-order chi connectivity index (χ0) is 15.5. The van der Waals surface area contributed by atoms with Gasteiger partial charge < -0.3 is 15.6 Å². The van der Waals surface area contributed by atoms with Crippen molar-refractivity contribution in [2.45, 2.75) is 25.8 Å². The van der Waals surface area contributed by atoms with Crippen LogP contribution < -0.4 is 11.1 Å². The molecule has 0 spiro atoms. The van der Waals surface area contributed by atoms with Crippen LogP contribution in [0.3, 0.4) is 0 Å². The third kappa shape index (κ3) is 3.59. The molecule has 1 aromatic carbocycles. The number of carbonyl (C=O) groups excluding carboxylic acids is 1. The molecule has 0 saturated heterocycles. The third-order valence-corrected chi connectivity index (χ3v) is 3.39. The molecule has 0 aliphatic heterocycles. The zero-order valence-corrected chi connectivity index (χ0v) is 12.1. The fourth-order valence-electron chi connectivity index (χ4n) is 1.99. The number of nitrogen functional groups attached to an aromatic ring is 1. The van der Waals surface area contributed by atoms with Crippen LogP contribution in [0.5, 0.6) is 0 Å². The van der Waals surface area contributed by atoms with E-state index < -0.39 is 5.54 Å². The molecule has 5 nitrogen and oxygen atoms in total. The number of halogens is 1. The SMILES string of the molecule is CC(C)(C(=O)NCCc1cccc(F)c1)n1cnc(N)c1. The summed E-state index contributed by atoms with van der Waals surface area (Å²) >= 11 is 0. The summed E-state index contributed by atoms with van der Waals surface area (Å²) in [6, 6.07) is 6.35. The summed E-state index contributed by atoms with van der Waals surface area (Å²) in [6.45, 7) is 4.01. The number of nitrogens with two attached hydrogens (primary N) is 1. The molecule has 1 amide bonds. The Morgan fingerprint density at radius 1 is 1.48 bits per heavy atom. The smallest absolute Gasteiger partial charge is 0.245 e. The minimum atomic E-state index is -0.785. The highest BCUT2D eigenvalue weighted by Crippen LogP contribution is 2.16. The number of anilines is 1. The number of hydrogen-bond acceptors (Lipinski definition) is 3. The van der Waals surface area contributed by atoms with Gasteiger partial charge in [0.05, 0.1) is 6.33 Å². The van der Waals surface area contributed by atoms with Crippen LogP contribution in [-0.4, -0.2) is 22.0 Å². The molecule has 3 N–H and O–H groups in total. The van der Waals surface area contributed by atoms with Gasteiger partial charge in [0.15, 0.2) is 0 Å². The lowest BCUT2D eigenvalue weighted by molar-refractivity contribution is -0.128. The van der Waals surface area contributed by atoms with E-state index in [0.717, 1.165) is 5.56 Å². The van der Waals surface area contributed by atoms with Crippen molar-refractivity contribution in [1.29, 1.82) is 0 Å². The number of amides is 1. The van der Waals surface area contributed by atoms with Gasteiger partial charge in [0.1, 0.15) is 17.2 Å². The molecule has 21 heavy (non-hydrogen) atoms. The average molecular weight is 290 g/mol. The maximum Gasteiger partial charge on any atom is 0.245 e. The first-order valence-corrected chi connectivity index (χ1v) is 6.72. The first-order valence-electron chi connectivity index (χ1n) is 6.72. The molecule has 0 fully saturated rings. The van der Waals surface area contributed by atoms with Gasteiger partial charge in [0.25, 0.3) is 0 Å². The van der Waals surface area contributed by atoms with E-state index in [-0.39, 0.29) is 11.7 Å². The predicted molar refractivity (Wildman–Crippen MR) is 79.1 cm³/mol. The number of rotatable bonds is 5. The van der Waals surface area contributed by atoms with Crippen LogP contribution >= 0.6 is 0 Å². The minimum absolute atomic E-state index is 0.142. The van der Waals surface area contributed by atoms with E-state index in [1.54, 1.807) is 30.7 Å². The van der Waals surface area contributed by atoms with Gasteiger partial charge in [0, 0.05) is 12.7 Å². The minimum Gasteiger partial charge on any atom is -0.382 e. The zero-order valence-electron chi connectivity index (χ0n) is 12.1. The monoisotopic (exact) mass is 290 g/mol. The average Bonchev–Trinajstić information content (AvgIpc) is 2.86. The topological polar surface area (TPSA) is 72.9 Å². The fourth-order valence-corrected chi connectivity index (χ4v) is 1.99. The second-order valence-electron chi connectivity index (χ2n) is 5.40.